The first kappa shape index (κ1) is 15.4. The molecule has 22 heavy (non-hydrogen) atoms. The Bertz CT molecular complexity index is 802. The zero-order valence-corrected chi connectivity index (χ0v) is 12.0. The van der Waals surface area contributed by atoms with Crippen molar-refractivity contribution in [1.29, 1.82) is 0 Å². The topological polar surface area (TPSA) is 128 Å². The van der Waals surface area contributed by atoms with Crippen LogP contribution in [0, 0.1) is 10.1 Å². The maximum Gasteiger partial charge on any atom is 0.285 e. The summed E-state index contributed by atoms with van der Waals surface area (Å²) in [6.45, 7) is 0. The first-order valence-electron chi connectivity index (χ1n) is 6.05. The number of hydrogen-bond acceptors (Lipinski definition) is 4. The smallest absolute Gasteiger partial charge is 0.285 e. The number of benzene rings is 2. The average Bonchev–Trinajstić information content (AvgIpc) is 2.48. The van der Waals surface area contributed by atoms with Crippen LogP contribution in [0.3, 0.4) is 0 Å². The Balaban J connectivity index is 2.18. The second-order valence-corrected chi connectivity index (χ2v) is 5.80. The third-order valence-corrected chi connectivity index (χ3v) is 3.92. The highest BCUT2D eigenvalue weighted by molar-refractivity contribution is 7.90. The maximum absolute atomic E-state index is 12.0. The molecule has 2 aromatic carbocycles. The van der Waals surface area contributed by atoms with Gasteiger partial charge in [-0.25, -0.2) is 0 Å². The molecule has 0 fully saturated rings. The summed E-state index contributed by atoms with van der Waals surface area (Å²) in [5.41, 5.74) is 5.85. The molecule has 0 unspecified atom stereocenters. The van der Waals surface area contributed by atoms with Gasteiger partial charge < -0.3 is 11.1 Å². The lowest BCUT2D eigenvalue weighted by Gasteiger charge is -2.05. The fraction of sp³-hybridized carbons (Fsp3) is 0. The highest BCUT2D eigenvalue weighted by Crippen LogP contribution is 2.16. The van der Waals surface area contributed by atoms with Gasteiger partial charge in [0.25, 0.3) is 15.7 Å². The minimum Gasteiger partial charge on any atom is -0.369 e. The molecule has 0 aliphatic carbocycles. The lowest BCUT2D eigenvalue weighted by Crippen LogP contribution is -2.24. The predicted octanol–water partition coefficient (Wildman–Crippen LogP) is 1.71. The largest absolute Gasteiger partial charge is 0.369 e. The molecular weight excluding hydrogens is 308 g/mol. The first-order valence-corrected chi connectivity index (χ1v) is 7.49. The predicted molar refractivity (Wildman–Crippen MR) is 82.0 cm³/mol. The minimum atomic E-state index is -3.91. The van der Waals surface area contributed by atoms with Gasteiger partial charge in [-0.3, -0.25) is 10.1 Å². The van der Waals surface area contributed by atoms with Crippen LogP contribution in [-0.4, -0.2) is 19.3 Å². The van der Waals surface area contributed by atoms with Crippen LogP contribution < -0.4 is 11.1 Å². The van der Waals surface area contributed by atoms with Gasteiger partial charge in [-0.2, -0.15) is 8.42 Å². The molecule has 0 bridgehead atoms. The molecule has 0 saturated carbocycles. The summed E-state index contributed by atoms with van der Waals surface area (Å²) in [6.07, 6.45) is 0. The maximum atomic E-state index is 12.0. The quantitative estimate of drug-likeness (QED) is 0.382. The zero-order valence-electron chi connectivity index (χ0n) is 11.2. The van der Waals surface area contributed by atoms with Crippen LogP contribution in [0.25, 0.3) is 0 Å². The van der Waals surface area contributed by atoms with Crippen molar-refractivity contribution in [2.24, 2.45) is 10.1 Å². The molecule has 0 radical (unpaired) electrons. The average molecular weight is 320 g/mol. The minimum absolute atomic E-state index is 0.0171. The zero-order chi connectivity index (χ0) is 16.2. The molecule has 9 heteroatoms. The van der Waals surface area contributed by atoms with Crippen LogP contribution in [0.15, 0.2) is 63.9 Å². The van der Waals surface area contributed by atoms with Crippen molar-refractivity contribution < 1.29 is 13.3 Å². The standard InChI is InChI=1S/C13H12N4O4S/c14-13(15-10-6-8-11(9-7-10)17(18)19)16-22(20,21)12-4-2-1-3-5-12/h1-9H,(H3,14,15,16). The lowest BCUT2D eigenvalue weighted by atomic mass is 10.3. The molecule has 114 valence electrons. The molecule has 0 heterocycles. The van der Waals surface area contributed by atoms with E-state index in [4.69, 9.17) is 5.73 Å². The normalized spacial score (nSPS) is 11.9. The van der Waals surface area contributed by atoms with Gasteiger partial charge in [0.2, 0.25) is 5.96 Å². The van der Waals surface area contributed by atoms with E-state index in [1.165, 1.54) is 36.4 Å². The number of nitro benzene ring substituents is 1. The van der Waals surface area contributed by atoms with Crippen molar-refractivity contribution in [3.8, 4) is 0 Å². The molecular formula is C13H12N4O4S. The van der Waals surface area contributed by atoms with Crippen molar-refractivity contribution in [3.63, 3.8) is 0 Å². The third kappa shape index (κ3) is 3.79. The van der Waals surface area contributed by atoms with Gasteiger partial charge >= 0.3 is 0 Å². The molecule has 3 N–H and O–H groups in total. The summed E-state index contributed by atoms with van der Waals surface area (Å²) < 4.78 is 27.4. The van der Waals surface area contributed by atoms with Gasteiger partial charge in [0.05, 0.1) is 9.82 Å². The lowest BCUT2D eigenvalue weighted by molar-refractivity contribution is -0.384. The van der Waals surface area contributed by atoms with Gasteiger partial charge in [0.1, 0.15) is 0 Å². The van der Waals surface area contributed by atoms with Gasteiger partial charge in [-0.05, 0) is 24.3 Å². The fourth-order valence-corrected chi connectivity index (χ4v) is 2.52. The number of non-ortho nitro benzene ring substituents is 1. The van der Waals surface area contributed by atoms with Crippen LogP contribution in [0.2, 0.25) is 0 Å². The van der Waals surface area contributed by atoms with Crippen LogP contribution in [-0.2, 0) is 10.0 Å². The Hall–Kier alpha value is -2.94. The van der Waals surface area contributed by atoms with Crippen molar-refractivity contribution in [2.75, 3.05) is 5.32 Å². The summed E-state index contributed by atoms with van der Waals surface area (Å²) in [5, 5.41) is 13.1. The van der Waals surface area contributed by atoms with E-state index in [1.54, 1.807) is 18.2 Å². The fourth-order valence-electron chi connectivity index (χ4n) is 1.61. The second kappa shape index (κ2) is 6.22. The van der Waals surface area contributed by atoms with Crippen LogP contribution in [0.1, 0.15) is 0 Å². The third-order valence-electron chi connectivity index (χ3n) is 2.61. The van der Waals surface area contributed by atoms with Crippen LogP contribution in [0.4, 0.5) is 11.4 Å². The SMILES string of the molecule is NC(=NS(=O)(=O)c1ccccc1)Nc1ccc([N+](=O)[O-])cc1. The van der Waals surface area contributed by atoms with Crippen LogP contribution in [0.5, 0.6) is 0 Å². The highest BCUT2D eigenvalue weighted by Gasteiger charge is 2.13. The first-order chi connectivity index (χ1) is 10.4. The van der Waals surface area contributed by atoms with E-state index >= 15 is 0 Å². The molecule has 2 rings (SSSR count). The molecule has 0 atom stereocenters. The Morgan fingerprint density at radius 1 is 1.09 bits per heavy atom. The van der Waals surface area contributed by atoms with Crippen molar-refractivity contribution >= 4 is 27.4 Å². The van der Waals surface area contributed by atoms with Crippen molar-refractivity contribution in [2.45, 2.75) is 4.90 Å². The number of rotatable bonds is 4. The molecule has 0 saturated heterocycles. The molecule has 0 aliphatic rings. The van der Waals surface area contributed by atoms with E-state index in [9.17, 15) is 18.5 Å². The van der Waals surface area contributed by atoms with E-state index in [0.717, 1.165) is 0 Å². The monoisotopic (exact) mass is 320 g/mol. The number of sulfonamides is 1. The Morgan fingerprint density at radius 3 is 2.23 bits per heavy atom. The number of nitrogens with zero attached hydrogens (tertiary/aromatic N) is 2. The number of guanidine groups is 1. The Morgan fingerprint density at radius 2 is 1.68 bits per heavy atom. The van der Waals surface area contributed by atoms with Gasteiger partial charge in [0, 0.05) is 17.8 Å². The number of nitrogens with one attached hydrogen (secondary N) is 1. The summed E-state index contributed by atoms with van der Waals surface area (Å²) >= 11 is 0. The second-order valence-electron chi connectivity index (χ2n) is 4.19. The Kier molecular flexibility index (Phi) is 4.37. The van der Waals surface area contributed by atoms with Crippen LogP contribution >= 0.6 is 0 Å². The highest BCUT2D eigenvalue weighted by atomic mass is 32.2. The summed E-state index contributed by atoms with van der Waals surface area (Å²) in [5.74, 6) is -0.335. The summed E-state index contributed by atoms with van der Waals surface area (Å²) in [6, 6.07) is 13.0. The van der Waals surface area contributed by atoms with E-state index in [-0.39, 0.29) is 16.5 Å². The summed E-state index contributed by atoms with van der Waals surface area (Å²) in [4.78, 5) is 10.0. The van der Waals surface area contributed by atoms with E-state index in [0.29, 0.717) is 5.69 Å². The van der Waals surface area contributed by atoms with Gasteiger partial charge in [-0.15, -0.1) is 4.40 Å². The molecule has 8 nitrogen and oxygen atoms in total. The molecule has 0 aliphatic heterocycles. The number of nitrogens with two attached hydrogens (primary N) is 1. The molecule has 0 spiro atoms. The Labute approximate surface area is 126 Å². The van der Waals surface area contributed by atoms with E-state index in [1.807, 2.05) is 0 Å². The number of hydrogen-bond donors (Lipinski definition) is 2. The van der Waals surface area contributed by atoms with E-state index in [2.05, 4.69) is 9.71 Å². The molecule has 0 aromatic heterocycles. The number of nitro groups is 1. The molecule has 0 amide bonds. The molecule has 2 aromatic rings. The number of anilines is 1. The van der Waals surface area contributed by atoms with Crippen molar-refractivity contribution in [3.05, 3.63) is 64.7 Å². The van der Waals surface area contributed by atoms with E-state index < -0.39 is 14.9 Å². The van der Waals surface area contributed by atoms with Gasteiger partial charge in [0.15, 0.2) is 0 Å². The summed E-state index contributed by atoms with van der Waals surface area (Å²) in [7, 11) is -3.91. The van der Waals surface area contributed by atoms with Crippen molar-refractivity contribution in [1.82, 2.24) is 0 Å². The van der Waals surface area contributed by atoms with Gasteiger partial charge in [-0.1, -0.05) is 18.2 Å².